The molecule has 10 nitrogen and oxygen atoms in total. The molecule has 184 valence electrons. The number of nitriles is 1. The molecule has 5 rings (SSSR count). The highest BCUT2D eigenvalue weighted by Crippen LogP contribution is 2.24. The monoisotopic (exact) mass is 500 g/mol. The van der Waals surface area contributed by atoms with Crippen molar-refractivity contribution in [3.63, 3.8) is 0 Å². The third kappa shape index (κ3) is 4.45. The quantitative estimate of drug-likeness (QED) is 0.394. The predicted molar refractivity (Wildman–Crippen MR) is 131 cm³/mol. The second-order valence-electron chi connectivity index (χ2n) is 8.39. The average Bonchev–Trinajstić information content (AvgIpc) is 3.21. The van der Waals surface area contributed by atoms with Crippen molar-refractivity contribution in [3.05, 3.63) is 104 Å². The summed E-state index contributed by atoms with van der Waals surface area (Å²) in [4.78, 5) is 34.7. The van der Waals surface area contributed by atoms with Gasteiger partial charge in [0.2, 0.25) is 5.95 Å². The van der Waals surface area contributed by atoms with Crippen molar-refractivity contribution in [2.75, 3.05) is 5.32 Å². The zero-order valence-corrected chi connectivity index (χ0v) is 19.6. The predicted octanol–water partition coefficient (Wildman–Crippen LogP) is 2.93. The van der Waals surface area contributed by atoms with Crippen LogP contribution in [0.3, 0.4) is 0 Å². The second kappa shape index (κ2) is 9.12. The number of nitrogens with zero attached hydrogens (tertiary/aromatic N) is 7. The molecule has 0 amide bonds. The summed E-state index contributed by atoms with van der Waals surface area (Å²) >= 11 is 0. The molecule has 0 radical (unpaired) electrons. The van der Waals surface area contributed by atoms with E-state index in [2.05, 4.69) is 20.4 Å². The van der Waals surface area contributed by atoms with Crippen molar-refractivity contribution < 1.29 is 8.78 Å². The fourth-order valence-electron chi connectivity index (χ4n) is 3.94. The number of fused-ring (bicyclic) bond motifs is 1. The highest BCUT2D eigenvalue weighted by molar-refractivity contribution is 5.83. The lowest BCUT2D eigenvalue weighted by molar-refractivity contribution is 0.618. The maximum atomic E-state index is 14.9. The van der Waals surface area contributed by atoms with Crippen LogP contribution in [-0.2, 0) is 13.6 Å². The molecule has 12 heteroatoms. The molecule has 3 heterocycles. The molecule has 0 bridgehead atoms. The first-order valence-corrected chi connectivity index (χ1v) is 11.0. The normalized spacial score (nSPS) is 11.0. The van der Waals surface area contributed by atoms with E-state index in [-0.39, 0.29) is 29.4 Å². The van der Waals surface area contributed by atoms with Gasteiger partial charge in [-0.2, -0.15) is 15.3 Å². The largest absolute Gasteiger partial charge is 0.359 e. The molecule has 0 aliphatic rings. The molecule has 0 aliphatic heterocycles. The number of aryl methyl sites for hydroxylation is 2. The summed E-state index contributed by atoms with van der Waals surface area (Å²) in [6.07, 6.45) is 4.59. The Labute approximate surface area is 207 Å². The van der Waals surface area contributed by atoms with Crippen LogP contribution in [-0.4, -0.2) is 28.9 Å². The molecule has 5 aromatic rings. The third-order valence-corrected chi connectivity index (χ3v) is 5.64. The topological polar surface area (TPSA) is 123 Å². The molecule has 0 saturated heterocycles. The van der Waals surface area contributed by atoms with Crippen LogP contribution in [0.5, 0.6) is 0 Å². The molecule has 0 saturated carbocycles. The molecule has 0 spiro atoms. The second-order valence-corrected chi connectivity index (χ2v) is 8.39. The highest BCUT2D eigenvalue weighted by Gasteiger charge is 2.18. The van der Waals surface area contributed by atoms with Crippen molar-refractivity contribution >= 4 is 22.5 Å². The minimum atomic E-state index is -0.907. The smallest absolute Gasteiger partial charge is 0.323 e. The van der Waals surface area contributed by atoms with Gasteiger partial charge in [0.15, 0.2) is 0 Å². The van der Waals surface area contributed by atoms with Gasteiger partial charge in [-0.25, -0.2) is 22.9 Å². The number of aromatic nitrogens is 6. The first-order valence-electron chi connectivity index (χ1n) is 11.0. The van der Waals surface area contributed by atoms with E-state index in [1.807, 2.05) is 0 Å². The van der Waals surface area contributed by atoms with Crippen molar-refractivity contribution in [1.82, 2.24) is 28.9 Å². The van der Waals surface area contributed by atoms with Crippen LogP contribution in [0.2, 0.25) is 0 Å². The van der Waals surface area contributed by atoms with Crippen LogP contribution in [0.15, 0.2) is 64.6 Å². The van der Waals surface area contributed by atoms with E-state index in [1.165, 1.54) is 35.1 Å². The van der Waals surface area contributed by atoms with Crippen LogP contribution in [0.25, 0.3) is 16.6 Å². The minimum Gasteiger partial charge on any atom is -0.323 e. The SMILES string of the molecule is Cc1cncc(-n2c(=O)nc(Nc3cc4cn(C)nc4cc3F)n(Cc3ccc(F)c(C#N)c3)c2=O)c1. The van der Waals surface area contributed by atoms with Crippen molar-refractivity contribution in [1.29, 1.82) is 5.26 Å². The molecule has 37 heavy (non-hydrogen) atoms. The number of halogens is 2. The fraction of sp³-hybridized carbons (Fsp3) is 0.120. The van der Waals surface area contributed by atoms with Gasteiger partial charge in [0.05, 0.1) is 35.2 Å². The number of pyridine rings is 1. The number of hydrogen-bond acceptors (Lipinski definition) is 7. The summed E-state index contributed by atoms with van der Waals surface area (Å²) < 4.78 is 32.3. The first-order chi connectivity index (χ1) is 17.7. The van der Waals surface area contributed by atoms with E-state index in [0.29, 0.717) is 22.0 Å². The van der Waals surface area contributed by atoms with Crippen LogP contribution in [0, 0.1) is 29.9 Å². The Balaban J connectivity index is 1.69. The lowest BCUT2D eigenvalue weighted by Gasteiger charge is -2.16. The number of hydrogen-bond donors (Lipinski definition) is 1. The zero-order chi connectivity index (χ0) is 26.3. The lowest BCUT2D eigenvalue weighted by Crippen LogP contribution is -2.41. The molecule has 0 aliphatic carbocycles. The van der Waals surface area contributed by atoms with Crippen molar-refractivity contribution in [2.45, 2.75) is 13.5 Å². The van der Waals surface area contributed by atoms with Crippen LogP contribution in [0.4, 0.5) is 20.4 Å². The van der Waals surface area contributed by atoms with E-state index >= 15 is 0 Å². The Morgan fingerprint density at radius 2 is 1.89 bits per heavy atom. The van der Waals surface area contributed by atoms with Gasteiger partial charge >= 0.3 is 11.4 Å². The van der Waals surface area contributed by atoms with Gasteiger partial charge in [-0.1, -0.05) is 6.07 Å². The molecule has 0 atom stereocenters. The highest BCUT2D eigenvalue weighted by atomic mass is 19.1. The Kier molecular flexibility index (Phi) is 5.81. The molecular weight excluding hydrogens is 482 g/mol. The van der Waals surface area contributed by atoms with E-state index in [1.54, 1.807) is 38.5 Å². The Bertz CT molecular complexity index is 1850. The van der Waals surface area contributed by atoms with Gasteiger partial charge in [-0.3, -0.25) is 14.2 Å². The summed E-state index contributed by atoms with van der Waals surface area (Å²) in [6, 6.07) is 9.85. The number of anilines is 2. The Hall–Kier alpha value is -5.18. The fourth-order valence-corrected chi connectivity index (χ4v) is 3.94. The van der Waals surface area contributed by atoms with Gasteiger partial charge in [0.25, 0.3) is 0 Å². The number of benzene rings is 2. The molecule has 0 fully saturated rings. The van der Waals surface area contributed by atoms with Crippen LogP contribution >= 0.6 is 0 Å². The number of rotatable bonds is 5. The number of nitrogens with one attached hydrogen (secondary N) is 1. The maximum Gasteiger partial charge on any atom is 0.359 e. The van der Waals surface area contributed by atoms with E-state index in [0.717, 1.165) is 15.2 Å². The molecule has 1 N–H and O–H groups in total. The Morgan fingerprint density at radius 3 is 2.65 bits per heavy atom. The summed E-state index contributed by atoms with van der Waals surface area (Å²) in [6.45, 7) is 1.56. The van der Waals surface area contributed by atoms with Crippen molar-refractivity contribution in [3.8, 4) is 11.8 Å². The maximum absolute atomic E-state index is 14.9. The van der Waals surface area contributed by atoms with E-state index < -0.39 is 23.0 Å². The summed E-state index contributed by atoms with van der Waals surface area (Å²) in [5, 5.41) is 16.7. The average molecular weight is 500 g/mol. The first kappa shape index (κ1) is 23.6. The molecule has 3 aromatic heterocycles. The summed E-state index contributed by atoms with van der Waals surface area (Å²) in [5.74, 6) is -1.62. The van der Waals surface area contributed by atoms with Crippen molar-refractivity contribution in [2.24, 2.45) is 7.05 Å². The van der Waals surface area contributed by atoms with Gasteiger partial charge in [-0.15, -0.1) is 0 Å². The van der Waals surface area contributed by atoms with E-state index in [9.17, 15) is 23.6 Å². The molecular formula is C25H18F2N8O2. The summed E-state index contributed by atoms with van der Waals surface area (Å²) in [7, 11) is 1.70. The van der Waals surface area contributed by atoms with Crippen LogP contribution in [0.1, 0.15) is 16.7 Å². The molecule has 0 unspecified atom stereocenters. The summed E-state index contributed by atoms with van der Waals surface area (Å²) in [5.41, 5.74) is -0.223. The lowest BCUT2D eigenvalue weighted by atomic mass is 10.1. The Morgan fingerprint density at radius 1 is 1.08 bits per heavy atom. The third-order valence-electron chi connectivity index (χ3n) is 5.64. The molecule has 2 aromatic carbocycles. The zero-order valence-electron chi connectivity index (χ0n) is 19.6. The van der Waals surface area contributed by atoms with Gasteiger partial charge in [-0.05, 0) is 42.3 Å². The standard InChI is InChI=1S/C25H18F2N8O2/c1-14-5-18(11-29-10-14)35-24(36)31-23(30-22-7-17-13-33(2)32-21(17)8-20(22)27)34(25(35)37)12-15-3-4-19(26)16(6-15)9-28/h3-8,10-11,13H,12H2,1-2H3,(H,30,31,36). The van der Waals surface area contributed by atoms with Gasteiger partial charge in [0, 0.05) is 30.9 Å². The van der Waals surface area contributed by atoms with Gasteiger partial charge < -0.3 is 5.32 Å². The van der Waals surface area contributed by atoms with Crippen LogP contribution < -0.4 is 16.7 Å². The minimum absolute atomic E-state index is 0.0349. The van der Waals surface area contributed by atoms with Gasteiger partial charge in [0.1, 0.15) is 17.7 Å². The van der Waals surface area contributed by atoms with E-state index in [4.69, 9.17) is 0 Å².